The lowest BCUT2D eigenvalue weighted by Gasteiger charge is -1.97. The molecule has 78 valence electrons. The van der Waals surface area contributed by atoms with Crippen molar-refractivity contribution in [2.45, 2.75) is 6.54 Å². The molecule has 0 aliphatic heterocycles. The van der Waals surface area contributed by atoms with Gasteiger partial charge in [0.2, 0.25) is 0 Å². The van der Waals surface area contributed by atoms with Crippen LogP contribution in [0.2, 0.25) is 0 Å². The maximum absolute atomic E-state index is 4.19. The van der Waals surface area contributed by atoms with Gasteiger partial charge in [0, 0.05) is 15.7 Å². The third-order valence-corrected chi connectivity index (χ3v) is 3.80. The van der Waals surface area contributed by atoms with Gasteiger partial charge in [0.1, 0.15) is 10.0 Å². The maximum atomic E-state index is 4.19. The quantitative estimate of drug-likeness (QED) is 0.879. The predicted molar refractivity (Wildman–Crippen MR) is 70.8 cm³/mol. The minimum Gasteiger partial charge on any atom is -0.313 e. The average molecular weight is 331 g/mol. The molecule has 0 aliphatic carbocycles. The zero-order valence-corrected chi connectivity index (χ0v) is 11.2. The summed E-state index contributed by atoms with van der Waals surface area (Å²) >= 11 is 3.95. The second-order valence-corrected chi connectivity index (χ2v) is 5.24. The molecule has 1 aromatic heterocycles. The van der Waals surface area contributed by atoms with Crippen LogP contribution in [0, 0.1) is 3.57 Å². The van der Waals surface area contributed by atoms with Gasteiger partial charge in [-0.05, 0) is 35.7 Å². The van der Waals surface area contributed by atoms with Gasteiger partial charge in [-0.25, -0.2) is 0 Å². The standard InChI is InChI=1S/C10H10IN3S/c1-12-6-9-13-14-10(15-9)7-4-2-3-5-8(7)11/h2-5,12H,6H2,1H3. The highest BCUT2D eigenvalue weighted by Crippen LogP contribution is 2.27. The van der Waals surface area contributed by atoms with Crippen molar-refractivity contribution < 1.29 is 0 Å². The number of hydrogen-bond acceptors (Lipinski definition) is 4. The third kappa shape index (κ3) is 2.53. The van der Waals surface area contributed by atoms with E-state index in [0.29, 0.717) is 0 Å². The Morgan fingerprint density at radius 2 is 2.13 bits per heavy atom. The van der Waals surface area contributed by atoms with Crippen LogP contribution >= 0.6 is 33.9 Å². The van der Waals surface area contributed by atoms with Crippen molar-refractivity contribution >= 4 is 33.9 Å². The zero-order valence-electron chi connectivity index (χ0n) is 8.20. The Balaban J connectivity index is 2.33. The normalized spacial score (nSPS) is 10.5. The molecule has 5 heteroatoms. The van der Waals surface area contributed by atoms with Gasteiger partial charge in [-0.15, -0.1) is 10.2 Å². The van der Waals surface area contributed by atoms with Gasteiger partial charge in [0.25, 0.3) is 0 Å². The molecule has 0 atom stereocenters. The molecule has 0 radical (unpaired) electrons. The second-order valence-electron chi connectivity index (χ2n) is 3.01. The van der Waals surface area contributed by atoms with Crippen LogP contribution in [0.1, 0.15) is 5.01 Å². The molecule has 0 unspecified atom stereocenters. The van der Waals surface area contributed by atoms with Crippen molar-refractivity contribution in [1.29, 1.82) is 0 Å². The number of rotatable bonds is 3. The summed E-state index contributed by atoms with van der Waals surface area (Å²) in [6.45, 7) is 0.779. The van der Waals surface area contributed by atoms with Crippen molar-refractivity contribution in [3.63, 3.8) is 0 Å². The number of halogens is 1. The summed E-state index contributed by atoms with van der Waals surface area (Å²) in [6, 6.07) is 8.21. The van der Waals surface area contributed by atoms with Crippen molar-refractivity contribution in [1.82, 2.24) is 15.5 Å². The molecule has 0 bridgehead atoms. The summed E-state index contributed by atoms with van der Waals surface area (Å²) < 4.78 is 1.21. The first kappa shape index (κ1) is 11.0. The van der Waals surface area contributed by atoms with Crippen molar-refractivity contribution in [3.05, 3.63) is 32.8 Å². The molecule has 1 N–H and O–H groups in total. The number of aromatic nitrogens is 2. The molecule has 0 amide bonds. The third-order valence-electron chi connectivity index (χ3n) is 1.90. The van der Waals surface area contributed by atoms with E-state index in [-0.39, 0.29) is 0 Å². The minimum absolute atomic E-state index is 0.779. The van der Waals surface area contributed by atoms with Crippen LogP contribution in [0.15, 0.2) is 24.3 Å². The number of benzene rings is 1. The van der Waals surface area contributed by atoms with Gasteiger partial charge in [-0.2, -0.15) is 0 Å². The molecular weight excluding hydrogens is 321 g/mol. The number of nitrogens with zero attached hydrogens (tertiary/aromatic N) is 2. The molecule has 3 nitrogen and oxygen atoms in total. The number of nitrogens with one attached hydrogen (secondary N) is 1. The average Bonchev–Trinajstić information content (AvgIpc) is 2.68. The van der Waals surface area contributed by atoms with E-state index in [1.54, 1.807) is 11.3 Å². The Kier molecular flexibility index (Phi) is 3.66. The van der Waals surface area contributed by atoms with E-state index in [1.165, 1.54) is 3.57 Å². The van der Waals surface area contributed by atoms with E-state index in [0.717, 1.165) is 22.1 Å². The Hall–Kier alpha value is -0.530. The van der Waals surface area contributed by atoms with Gasteiger partial charge in [-0.1, -0.05) is 29.5 Å². The summed E-state index contributed by atoms with van der Waals surface area (Å²) in [5, 5.41) is 13.4. The molecule has 0 saturated carbocycles. The van der Waals surface area contributed by atoms with Crippen molar-refractivity contribution in [2.75, 3.05) is 7.05 Å². The van der Waals surface area contributed by atoms with Crippen LogP contribution in [0.3, 0.4) is 0 Å². The molecular formula is C10H10IN3S. The Labute approximate surface area is 106 Å². The molecule has 15 heavy (non-hydrogen) atoms. The Morgan fingerprint density at radius 3 is 2.87 bits per heavy atom. The van der Waals surface area contributed by atoms with Crippen LogP contribution in [-0.4, -0.2) is 17.2 Å². The van der Waals surface area contributed by atoms with E-state index in [4.69, 9.17) is 0 Å². The lowest BCUT2D eigenvalue weighted by molar-refractivity contribution is 0.795. The summed E-state index contributed by atoms with van der Waals surface area (Å²) in [4.78, 5) is 0. The van der Waals surface area contributed by atoms with Crippen molar-refractivity contribution in [3.8, 4) is 10.6 Å². The van der Waals surface area contributed by atoms with Crippen LogP contribution in [-0.2, 0) is 6.54 Å². The molecule has 0 fully saturated rings. The predicted octanol–water partition coefficient (Wildman–Crippen LogP) is 2.53. The van der Waals surface area contributed by atoms with Crippen LogP contribution < -0.4 is 5.32 Å². The van der Waals surface area contributed by atoms with Crippen LogP contribution in [0.4, 0.5) is 0 Å². The molecule has 1 aromatic carbocycles. The van der Waals surface area contributed by atoms with E-state index < -0.39 is 0 Å². The molecule has 1 heterocycles. The summed E-state index contributed by atoms with van der Waals surface area (Å²) in [5.74, 6) is 0. The fourth-order valence-electron chi connectivity index (χ4n) is 1.22. The topological polar surface area (TPSA) is 37.8 Å². The first-order chi connectivity index (χ1) is 7.31. The highest BCUT2D eigenvalue weighted by atomic mass is 127. The summed E-state index contributed by atoms with van der Waals surface area (Å²) in [5.41, 5.74) is 1.16. The first-order valence-electron chi connectivity index (χ1n) is 4.53. The minimum atomic E-state index is 0.779. The van der Waals surface area contributed by atoms with Gasteiger partial charge < -0.3 is 5.32 Å². The first-order valence-corrected chi connectivity index (χ1v) is 6.42. The molecule has 2 rings (SSSR count). The van der Waals surface area contributed by atoms with Crippen LogP contribution in [0.5, 0.6) is 0 Å². The van der Waals surface area contributed by atoms with E-state index in [9.17, 15) is 0 Å². The highest BCUT2D eigenvalue weighted by molar-refractivity contribution is 14.1. The number of hydrogen-bond donors (Lipinski definition) is 1. The Bertz CT molecular complexity index is 455. The van der Waals surface area contributed by atoms with E-state index in [1.807, 2.05) is 19.2 Å². The molecule has 2 aromatic rings. The smallest absolute Gasteiger partial charge is 0.148 e. The van der Waals surface area contributed by atoms with Gasteiger partial charge in [0.15, 0.2) is 0 Å². The second kappa shape index (κ2) is 5.00. The van der Waals surface area contributed by atoms with Gasteiger partial charge in [0.05, 0.1) is 0 Å². The monoisotopic (exact) mass is 331 g/mol. The Morgan fingerprint density at radius 1 is 1.33 bits per heavy atom. The molecule has 0 aliphatic rings. The summed E-state index contributed by atoms with van der Waals surface area (Å²) in [6.07, 6.45) is 0. The largest absolute Gasteiger partial charge is 0.313 e. The molecule has 0 spiro atoms. The SMILES string of the molecule is CNCc1nnc(-c2ccccc2I)s1. The zero-order chi connectivity index (χ0) is 10.7. The van der Waals surface area contributed by atoms with Crippen molar-refractivity contribution in [2.24, 2.45) is 0 Å². The highest BCUT2D eigenvalue weighted by Gasteiger charge is 2.08. The fourth-order valence-corrected chi connectivity index (χ4v) is 2.94. The lowest BCUT2D eigenvalue weighted by Crippen LogP contribution is -2.04. The maximum Gasteiger partial charge on any atom is 0.148 e. The van der Waals surface area contributed by atoms with E-state index in [2.05, 4.69) is 50.2 Å². The van der Waals surface area contributed by atoms with Gasteiger partial charge >= 0.3 is 0 Å². The molecule has 0 saturated heterocycles. The fraction of sp³-hybridized carbons (Fsp3) is 0.200. The van der Waals surface area contributed by atoms with Gasteiger partial charge in [-0.3, -0.25) is 0 Å². The summed E-state index contributed by atoms with van der Waals surface area (Å²) in [7, 11) is 1.91. The van der Waals surface area contributed by atoms with Crippen LogP contribution in [0.25, 0.3) is 10.6 Å². The van der Waals surface area contributed by atoms with E-state index >= 15 is 0 Å². The lowest BCUT2D eigenvalue weighted by atomic mass is 10.2.